The predicted molar refractivity (Wildman–Crippen MR) is 55.8 cm³/mol. The molecule has 0 saturated carbocycles. The zero-order valence-corrected chi connectivity index (χ0v) is 9.76. The quantitative estimate of drug-likeness (QED) is 0.346. The van der Waals surface area contributed by atoms with Crippen LogP contribution in [-0.4, -0.2) is 56.3 Å². The number of ketones is 1. The van der Waals surface area contributed by atoms with Crippen LogP contribution >= 0.6 is 0 Å². The van der Waals surface area contributed by atoms with Gasteiger partial charge in [0.2, 0.25) is 0 Å². The maximum Gasteiger partial charge on any atom is 0.331 e. The molecule has 94 valence electrons. The molecule has 1 amide bonds. The Kier molecular flexibility index (Phi) is 6.24. The fourth-order valence-electron chi connectivity index (χ4n) is 0.700. The Hall–Kier alpha value is -2.18. The fraction of sp³-hybridized carbons (Fsp3) is 0.400. The second kappa shape index (κ2) is 7.15. The Bertz CT molecular complexity index is 358. The Morgan fingerprint density at radius 2 is 1.59 bits per heavy atom. The molecule has 0 fully saturated rings. The van der Waals surface area contributed by atoms with Gasteiger partial charge in [0.05, 0.1) is 7.11 Å². The number of carbonyl (C=O) groups is 4. The van der Waals surface area contributed by atoms with Gasteiger partial charge in [-0.25, -0.2) is 9.59 Å². The number of methoxy groups -OCH3 is 1. The molecular weight excluding hydrogens is 230 g/mol. The first-order valence-corrected chi connectivity index (χ1v) is 4.55. The molecule has 0 aromatic rings. The number of nitrogens with zero attached hydrogens (tertiary/aromatic N) is 1. The van der Waals surface area contributed by atoms with Gasteiger partial charge in [0, 0.05) is 26.2 Å². The first-order chi connectivity index (χ1) is 7.88. The van der Waals surface area contributed by atoms with Crippen LogP contribution in [0.5, 0.6) is 0 Å². The van der Waals surface area contributed by atoms with E-state index >= 15 is 0 Å². The first kappa shape index (κ1) is 14.8. The van der Waals surface area contributed by atoms with Gasteiger partial charge in [-0.3, -0.25) is 9.59 Å². The highest BCUT2D eigenvalue weighted by molar-refractivity contribution is 6.36. The van der Waals surface area contributed by atoms with Gasteiger partial charge in [-0.15, -0.1) is 0 Å². The molecule has 0 aliphatic rings. The van der Waals surface area contributed by atoms with Crippen molar-refractivity contribution in [2.24, 2.45) is 0 Å². The van der Waals surface area contributed by atoms with Crippen LogP contribution in [0.25, 0.3) is 0 Å². The smallest absolute Gasteiger partial charge is 0.331 e. The van der Waals surface area contributed by atoms with Crippen molar-refractivity contribution in [3.63, 3.8) is 0 Å². The summed E-state index contributed by atoms with van der Waals surface area (Å²) >= 11 is 0. The van der Waals surface area contributed by atoms with E-state index in [0.29, 0.717) is 0 Å². The third-order valence-electron chi connectivity index (χ3n) is 1.55. The molecule has 0 saturated heterocycles. The third-order valence-corrected chi connectivity index (χ3v) is 1.55. The molecule has 7 heteroatoms. The number of amides is 1. The number of rotatable bonds is 5. The summed E-state index contributed by atoms with van der Waals surface area (Å²) in [6.45, 7) is -0.665. The van der Waals surface area contributed by atoms with Crippen LogP contribution in [0.1, 0.15) is 0 Å². The van der Waals surface area contributed by atoms with Crippen molar-refractivity contribution in [2.45, 2.75) is 0 Å². The van der Waals surface area contributed by atoms with Crippen molar-refractivity contribution in [3.8, 4) is 0 Å². The molecule has 0 rings (SSSR count). The minimum Gasteiger partial charge on any atom is -0.466 e. The largest absolute Gasteiger partial charge is 0.466 e. The number of hydrogen-bond donors (Lipinski definition) is 0. The molecule has 0 unspecified atom stereocenters. The third kappa shape index (κ3) is 6.08. The minimum absolute atomic E-state index is 0.665. The number of carbonyl (C=O) groups excluding carboxylic acids is 4. The highest BCUT2D eigenvalue weighted by Gasteiger charge is 2.17. The highest BCUT2D eigenvalue weighted by Crippen LogP contribution is 1.88. The predicted octanol–water partition coefficient (Wildman–Crippen LogP) is -1.08. The highest BCUT2D eigenvalue weighted by atomic mass is 16.5. The Balaban J connectivity index is 4.09. The van der Waals surface area contributed by atoms with E-state index < -0.39 is 30.2 Å². The maximum atomic E-state index is 11.1. The van der Waals surface area contributed by atoms with Gasteiger partial charge in [0.1, 0.15) is 0 Å². The van der Waals surface area contributed by atoms with E-state index in [1.54, 1.807) is 0 Å². The van der Waals surface area contributed by atoms with Gasteiger partial charge in [-0.2, -0.15) is 0 Å². The first-order valence-electron chi connectivity index (χ1n) is 4.55. The normalized spacial score (nSPS) is 9.82. The number of hydrogen-bond acceptors (Lipinski definition) is 6. The SMILES string of the molecule is COC(=O)/C=C/C(=O)OCC(=O)C(=O)N(C)C. The van der Waals surface area contributed by atoms with Gasteiger partial charge >= 0.3 is 11.9 Å². The lowest BCUT2D eigenvalue weighted by atomic mass is 10.4. The molecule has 17 heavy (non-hydrogen) atoms. The van der Waals surface area contributed by atoms with E-state index in [2.05, 4.69) is 9.47 Å². The summed E-state index contributed by atoms with van der Waals surface area (Å²) in [6.07, 6.45) is 1.65. The van der Waals surface area contributed by atoms with Crippen LogP contribution in [0.2, 0.25) is 0 Å². The second-order valence-corrected chi connectivity index (χ2v) is 3.09. The van der Waals surface area contributed by atoms with E-state index in [1.165, 1.54) is 14.1 Å². The number of likely N-dealkylation sites (N-methyl/N-ethyl adjacent to an activating group) is 1. The van der Waals surface area contributed by atoms with E-state index in [-0.39, 0.29) is 0 Å². The Morgan fingerprint density at radius 1 is 1.06 bits per heavy atom. The molecule has 0 heterocycles. The lowest BCUT2D eigenvalue weighted by molar-refractivity contribution is -0.150. The molecule has 0 N–H and O–H groups in total. The van der Waals surface area contributed by atoms with Crippen LogP contribution in [-0.2, 0) is 28.7 Å². The molecule has 0 aliphatic heterocycles. The average molecular weight is 243 g/mol. The van der Waals surface area contributed by atoms with Crippen molar-refractivity contribution in [3.05, 3.63) is 12.2 Å². The standard InChI is InChI=1S/C10H13NO6/c1-11(2)10(15)7(12)6-17-9(14)5-4-8(13)16-3/h4-5H,6H2,1-3H3/b5-4+. The summed E-state index contributed by atoms with van der Waals surface area (Å²) < 4.78 is 8.67. The van der Waals surface area contributed by atoms with E-state index in [0.717, 1.165) is 24.2 Å². The van der Waals surface area contributed by atoms with Crippen LogP contribution in [0.15, 0.2) is 12.2 Å². The zero-order chi connectivity index (χ0) is 13.4. The van der Waals surface area contributed by atoms with Crippen LogP contribution < -0.4 is 0 Å². The molecule has 0 aromatic heterocycles. The Labute approximate surface area is 98.0 Å². The van der Waals surface area contributed by atoms with Crippen molar-refractivity contribution < 1.29 is 28.7 Å². The van der Waals surface area contributed by atoms with Crippen molar-refractivity contribution in [1.82, 2.24) is 4.90 Å². The summed E-state index contributed by atoms with van der Waals surface area (Å²) in [4.78, 5) is 44.8. The molecule has 0 aromatic carbocycles. The molecule has 7 nitrogen and oxygen atoms in total. The minimum atomic E-state index is -0.907. The van der Waals surface area contributed by atoms with Crippen LogP contribution in [0.3, 0.4) is 0 Å². The van der Waals surface area contributed by atoms with Crippen molar-refractivity contribution in [1.29, 1.82) is 0 Å². The molecule has 0 spiro atoms. The second-order valence-electron chi connectivity index (χ2n) is 3.09. The average Bonchev–Trinajstić information content (AvgIpc) is 2.31. The molecule has 0 aliphatic carbocycles. The van der Waals surface area contributed by atoms with E-state index in [9.17, 15) is 19.2 Å². The lowest BCUT2D eigenvalue weighted by Gasteiger charge is -2.08. The molecular formula is C10H13NO6. The van der Waals surface area contributed by atoms with Crippen molar-refractivity contribution >= 4 is 23.6 Å². The molecule has 0 bridgehead atoms. The molecule has 0 atom stereocenters. The summed E-state index contributed by atoms with van der Waals surface area (Å²) in [5.74, 6) is -3.25. The van der Waals surface area contributed by atoms with Crippen molar-refractivity contribution in [2.75, 3.05) is 27.8 Å². The fourth-order valence-corrected chi connectivity index (χ4v) is 0.700. The molecule has 0 radical (unpaired) electrons. The van der Waals surface area contributed by atoms with Gasteiger partial charge in [-0.1, -0.05) is 0 Å². The van der Waals surface area contributed by atoms with Gasteiger partial charge in [-0.05, 0) is 0 Å². The Morgan fingerprint density at radius 3 is 2.06 bits per heavy atom. The van der Waals surface area contributed by atoms with Gasteiger partial charge in [0.25, 0.3) is 11.7 Å². The maximum absolute atomic E-state index is 11.1. The van der Waals surface area contributed by atoms with E-state index in [4.69, 9.17) is 0 Å². The summed E-state index contributed by atoms with van der Waals surface area (Å²) in [5, 5.41) is 0. The summed E-state index contributed by atoms with van der Waals surface area (Å²) in [7, 11) is 3.95. The van der Waals surface area contributed by atoms with Crippen LogP contribution in [0.4, 0.5) is 0 Å². The van der Waals surface area contributed by atoms with Gasteiger partial charge in [0.15, 0.2) is 6.61 Å². The lowest BCUT2D eigenvalue weighted by Crippen LogP contribution is -2.33. The van der Waals surface area contributed by atoms with Crippen LogP contribution in [0, 0.1) is 0 Å². The monoisotopic (exact) mass is 243 g/mol. The van der Waals surface area contributed by atoms with E-state index in [1.807, 2.05) is 0 Å². The summed E-state index contributed by atoms with van der Waals surface area (Å²) in [5.41, 5.74) is 0. The number of ether oxygens (including phenoxy) is 2. The topological polar surface area (TPSA) is 90.0 Å². The van der Waals surface area contributed by atoms with Gasteiger partial charge < -0.3 is 14.4 Å². The zero-order valence-electron chi connectivity index (χ0n) is 9.76. The summed E-state index contributed by atoms with van der Waals surface area (Å²) in [6, 6.07) is 0. The number of esters is 2. The number of Topliss-reactive ketones (excluding diaryl/α,β-unsaturated/α-hetero) is 1.